The van der Waals surface area contributed by atoms with Gasteiger partial charge in [-0.1, -0.05) is 12.1 Å². The Bertz CT molecular complexity index is 589. The summed E-state index contributed by atoms with van der Waals surface area (Å²) in [6.07, 6.45) is 1.78. The maximum absolute atomic E-state index is 4.49. The molecular formula is C11H7N3S3. The van der Waals surface area contributed by atoms with Crippen molar-refractivity contribution < 1.29 is 0 Å². The van der Waals surface area contributed by atoms with Crippen LogP contribution in [0.15, 0.2) is 51.3 Å². The minimum atomic E-state index is 0.809. The molecule has 17 heavy (non-hydrogen) atoms. The van der Waals surface area contributed by atoms with E-state index in [-0.39, 0.29) is 0 Å². The Morgan fingerprint density at radius 2 is 2.12 bits per heavy atom. The first-order chi connectivity index (χ1) is 8.42. The van der Waals surface area contributed by atoms with E-state index in [1.807, 2.05) is 35.7 Å². The van der Waals surface area contributed by atoms with Crippen LogP contribution in [0.4, 0.5) is 0 Å². The Labute approximate surface area is 111 Å². The zero-order valence-corrected chi connectivity index (χ0v) is 11.1. The molecule has 6 heteroatoms. The number of rotatable bonds is 3. The lowest BCUT2D eigenvalue weighted by atomic mass is 10.5. The second-order valence-corrected chi connectivity index (χ2v) is 6.10. The minimum absolute atomic E-state index is 0.809. The molecule has 0 amide bonds. The Kier molecular flexibility index (Phi) is 3.17. The van der Waals surface area contributed by atoms with Gasteiger partial charge in [-0.05, 0) is 46.9 Å². The molecule has 0 aromatic carbocycles. The molecule has 0 aliphatic heterocycles. The van der Waals surface area contributed by atoms with Crippen molar-refractivity contribution in [3.8, 4) is 10.7 Å². The van der Waals surface area contributed by atoms with Crippen molar-refractivity contribution in [2.24, 2.45) is 0 Å². The van der Waals surface area contributed by atoms with Crippen molar-refractivity contribution >= 4 is 34.6 Å². The van der Waals surface area contributed by atoms with Crippen LogP contribution in [0.25, 0.3) is 10.7 Å². The SMILES string of the molecule is c1ccc(Sc2nc(-c3cccs3)ns2)nc1. The lowest BCUT2D eigenvalue weighted by Crippen LogP contribution is -1.77. The number of hydrogen-bond donors (Lipinski definition) is 0. The number of pyridine rings is 1. The molecule has 0 spiro atoms. The van der Waals surface area contributed by atoms with Crippen LogP contribution in [-0.2, 0) is 0 Å². The molecule has 0 fully saturated rings. The van der Waals surface area contributed by atoms with E-state index in [1.54, 1.807) is 29.3 Å². The van der Waals surface area contributed by atoms with Crippen molar-refractivity contribution in [2.75, 3.05) is 0 Å². The van der Waals surface area contributed by atoms with E-state index in [4.69, 9.17) is 0 Å². The van der Waals surface area contributed by atoms with E-state index in [0.717, 1.165) is 20.1 Å². The maximum atomic E-state index is 4.49. The first-order valence-electron chi connectivity index (χ1n) is 4.88. The zero-order chi connectivity index (χ0) is 11.5. The minimum Gasteiger partial charge on any atom is -0.250 e. The lowest BCUT2D eigenvalue weighted by molar-refractivity contribution is 1.12. The Morgan fingerprint density at radius 1 is 1.12 bits per heavy atom. The van der Waals surface area contributed by atoms with Crippen LogP contribution in [0.2, 0.25) is 0 Å². The van der Waals surface area contributed by atoms with Gasteiger partial charge in [-0.25, -0.2) is 9.97 Å². The molecule has 0 radical (unpaired) electrons. The second kappa shape index (κ2) is 4.95. The van der Waals surface area contributed by atoms with Gasteiger partial charge < -0.3 is 0 Å². The summed E-state index contributed by atoms with van der Waals surface area (Å²) in [5, 5.41) is 2.98. The maximum Gasteiger partial charge on any atom is 0.184 e. The van der Waals surface area contributed by atoms with E-state index in [2.05, 4.69) is 14.3 Å². The average Bonchev–Trinajstić information content (AvgIpc) is 3.00. The third-order valence-electron chi connectivity index (χ3n) is 1.98. The monoisotopic (exact) mass is 277 g/mol. The van der Waals surface area contributed by atoms with E-state index in [1.165, 1.54) is 11.5 Å². The van der Waals surface area contributed by atoms with Crippen LogP contribution in [0, 0.1) is 0 Å². The Hall–Kier alpha value is -1.24. The first-order valence-corrected chi connectivity index (χ1v) is 7.35. The summed E-state index contributed by atoms with van der Waals surface area (Å²) in [7, 11) is 0. The van der Waals surface area contributed by atoms with Crippen LogP contribution in [0.1, 0.15) is 0 Å². The summed E-state index contributed by atoms with van der Waals surface area (Å²) in [4.78, 5) is 9.84. The largest absolute Gasteiger partial charge is 0.250 e. The number of hydrogen-bond acceptors (Lipinski definition) is 6. The van der Waals surface area contributed by atoms with Crippen LogP contribution in [0.3, 0.4) is 0 Å². The van der Waals surface area contributed by atoms with Gasteiger partial charge in [-0.15, -0.1) is 11.3 Å². The zero-order valence-electron chi connectivity index (χ0n) is 8.61. The highest BCUT2D eigenvalue weighted by molar-refractivity contribution is 8.00. The molecule has 0 unspecified atom stereocenters. The van der Waals surface area contributed by atoms with Gasteiger partial charge in [0, 0.05) is 6.20 Å². The smallest absolute Gasteiger partial charge is 0.184 e. The molecule has 3 rings (SSSR count). The molecule has 3 aromatic rings. The highest BCUT2D eigenvalue weighted by Crippen LogP contribution is 2.30. The summed E-state index contributed by atoms with van der Waals surface area (Å²) >= 11 is 4.61. The lowest BCUT2D eigenvalue weighted by Gasteiger charge is -1.93. The summed E-state index contributed by atoms with van der Waals surface area (Å²) in [6.45, 7) is 0. The Morgan fingerprint density at radius 3 is 2.88 bits per heavy atom. The quantitative estimate of drug-likeness (QED) is 0.729. The molecule has 0 N–H and O–H groups in total. The number of nitrogens with zero attached hydrogens (tertiary/aromatic N) is 3. The summed E-state index contributed by atoms with van der Waals surface area (Å²) in [5.74, 6) is 0.809. The van der Waals surface area contributed by atoms with Crippen LogP contribution in [0.5, 0.6) is 0 Å². The summed E-state index contributed by atoms with van der Waals surface area (Å²) in [5.41, 5.74) is 0. The van der Waals surface area contributed by atoms with E-state index >= 15 is 0 Å². The molecule has 0 saturated carbocycles. The summed E-state index contributed by atoms with van der Waals surface area (Å²) in [6, 6.07) is 9.88. The predicted octanol–water partition coefficient (Wildman–Crippen LogP) is 3.81. The van der Waals surface area contributed by atoms with Gasteiger partial charge in [0.05, 0.1) is 4.88 Å². The van der Waals surface area contributed by atoms with Gasteiger partial charge in [-0.3, -0.25) is 0 Å². The molecule has 0 aliphatic carbocycles. The Balaban J connectivity index is 1.82. The van der Waals surface area contributed by atoms with Crippen molar-refractivity contribution in [1.82, 2.24) is 14.3 Å². The number of thiophene rings is 1. The fourth-order valence-corrected chi connectivity index (χ4v) is 3.49. The highest BCUT2D eigenvalue weighted by atomic mass is 32.2. The third-order valence-corrected chi connectivity index (χ3v) is 4.55. The van der Waals surface area contributed by atoms with Crippen LogP contribution >= 0.6 is 34.6 Å². The van der Waals surface area contributed by atoms with Crippen LogP contribution < -0.4 is 0 Å². The molecule has 0 bridgehead atoms. The molecular weight excluding hydrogens is 270 g/mol. The van der Waals surface area contributed by atoms with Crippen molar-refractivity contribution in [3.63, 3.8) is 0 Å². The normalized spacial score (nSPS) is 10.6. The molecule has 0 aliphatic rings. The standard InChI is InChI=1S/C11H7N3S3/c1-2-6-12-9(5-1)16-11-13-10(14-17-11)8-4-3-7-15-8/h1-7H. The molecule has 3 aromatic heterocycles. The molecule has 0 saturated heterocycles. The van der Waals surface area contributed by atoms with Crippen molar-refractivity contribution in [2.45, 2.75) is 9.37 Å². The van der Waals surface area contributed by atoms with Crippen molar-refractivity contribution in [1.29, 1.82) is 0 Å². The van der Waals surface area contributed by atoms with Crippen molar-refractivity contribution in [3.05, 3.63) is 41.9 Å². The van der Waals surface area contributed by atoms with Gasteiger partial charge in [0.25, 0.3) is 0 Å². The van der Waals surface area contributed by atoms with Gasteiger partial charge in [-0.2, -0.15) is 4.37 Å². The summed E-state index contributed by atoms with van der Waals surface area (Å²) < 4.78 is 5.27. The van der Waals surface area contributed by atoms with Gasteiger partial charge >= 0.3 is 0 Å². The second-order valence-electron chi connectivity index (χ2n) is 3.13. The van der Waals surface area contributed by atoms with E-state index in [0.29, 0.717) is 0 Å². The average molecular weight is 277 g/mol. The molecule has 3 nitrogen and oxygen atoms in total. The van der Waals surface area contributed by atoms with E-state index < -0.39 is 0 Å². The van der Waals surface area contributed by atoms with Crippen LogP contribution in [-0.4, -0.2) is 14.3 Å². The first kappa shape index (κ1) is 10.9. The van der Waals surface area contributed by atoms with E-state index in [9.17, 15) is 0 Å². The fraction of sp³-hybridized carbons (Fsp3) is 0. The van der Waals surface area contributed by atoms with Gasteiger partial charge in [0.15, 0.2) is 10.2 Å². The third kappa shape index (κ3) is 2.54. The molecule has 3 heterocycles. The molecule has 0 atom stereocenters. The van der Waals surface area contributed by atoms with Gasteiger partial charge in [0.1, 0.15) is 5.03 Å². The predicted molar refractivity (Wildman–Crippen MR) is 71.6 cm³/mol. The number of aromatic nitrogens is 3. The topological polar surface area (TPSA) is 38.7 Å². The molecule has 84 valence electrons. The van der Waals surface area contributed by atoms with Gasteiger partial charge in [0.2, 0.25) is 0 Å². The fourth-order valence-electron chi connectivity index (χ4n) is 1.25. The highest BCUT2D eigenvalue weighted by Gasteiger charge is 2.08.